The number of hydrogen-bond donors (Lipinski definition) is 4. The van der Waals surface area contributed by atoms with E-state index in [-0.39, 0.29) is 31.5 Å². The van der Waals surface area contributed by atoms with Gasteiger partial charge in [0.1, 0.15) is 0 Å². The van der Waals surface area contributed by atoms with E-state index < -0.39 is 11.9 Å². The van der Waals surface area contributed by atoms with Crippen molar-refractivity contribution >= 4 is 11.9 Å². The summed E-state index contributed by atoms with van der Waals surface area (Å²) in [6, 6.07) is 0. The van der Waals surface area contributed by atoms with Gasteiger partial charge in [0.15, 0.2) is 0 Å². The van der Waals surface area contributed by atoms with Gasteiger partial charge in [0.25, 0.3) is 0 Å². The molecule has 1 saturated carbocycles. The van der Waals surface area contributed by atoms with Gasteiger partial charge < -0.3 is 25.2 Å². The van der Waals surface area contributed by atoms with Crippen LogP contribution in [0, 0.1) is 5.41 Å². The van der Waals surface area contributed by atoms with Crippen LogP contribution in [0.1, 0.15) is 57.8 Å². The Morgan fingerprint density at radius 3 is 1.48 bits per heavy atom. The first-order valence-corrected chi connectivity index (χ1v) is 8.40. The Hall–Kier alpha value is -1.86. The Bertz CT molecular complexity index is 346. The highest BCUT2D eigenvalue weighted by Gasteiger charge is 2.30. The van der Waals surface area contributed by atoms with Gasteiger partial charge in [0.2, 0.25) is 0 Å². The van der Waals surface area contributed by atoms with Crippen LogP contribution < -0.4 is 0 Å². The summed E-state index contributed by atoms with van der Waals surface area (Å²) in [6.07, 6.45) is 9.24. The van der Waals surface area contributed by atoms with Crippen LogP contribution in [-0.4, -0.2) is 45.6 Å². The average molecular weight is 360 g/mol. The number of ether oxygens (including phenoxy) is 1. The Morgan fingerprint density at radius 1 is 0.880 bits per heavy atom. The molecule has 0 atom stereocenters. The van der Waals surface area contributed by atoms with Gasteiger partial charge in [-0.2, -0.15) is 0 Å². The zero-order chi connectivity index (χ0) is 19.6. The zero-order valence-electron chi connectivity index (χ0n) is 14.9. The predicted molar refractivity (Wildman–Crippen MR) is 94.9 cm³/mol. The minimum Gasteiger partial charge on any atom is -0.481 e. The number of hydrogen-bond acceptors (Lipinski definition) is 5. The molecule has 0 unspecified atom stereocenters. The van der Waals surface area contributed by atoms with Gasteiger partial charge in [-0.25, -0.2) is 0 Å². The lowest BCUT2D eigenvalue weighted by atomic mass is 9.75. The normalized spacial score (nSPS) is 14.6. The molecule has 1 aliphatic carbocycles. The summed E-state index contributed by atoms with van der Waals surface area (Å²) in [6.45, 7) is 6.83. The van der Waals surface area contributed by atoms with E-state index in [0.717, 1.165) is 12.8 Å². The van der Waals surface area contributed by atoms with Crippen molar-refractivity contribution in [2.75, 3.05) is 13.2 Å². The van der Waals surface area contributed by atoms with Crippen LogP contribution in [-0.2, 0) is 14.3 Å². The minimum absolute atomic E-state index is 0.0628. The van der Waals surface area contributed by atoms with Gasteiger partial charge >= 0.3 is 11.9 Å². The highest BCUT2D eigenvalue weighted by atomic mass is 16.5. The van der Waals surface area contributed by atoms with Crippen molar-refractivity contribution in [1.29, 1.82) is 0 Å². The molecule has 25 heavy (non-hydrogen) atoms. The number of carboxylic acid groups (broad SMARTS) is 2. The fourth-order valence-corrected chi connectivity index (χ4v) is 2.29. The van der Waals surface area contributed by atoms with E-state index in [1.54, 1.807) is 0 Å². The summed E-state index contributed by atoms with van der Waals surface area (Å²) < 4.78 is 4.36. The van der Waals surface area contributed by atoms with Gasteiger partial charge in [0.05, 0.1) is 25.7 Å². The second-order valence-electron chi connectivity index (χ2n) is 5.84. The van der Waals surface area contributed by atoms with Gasteiger partial charge in [-0.3, -0.25) is 9.59 Å². The first-order chi connectivity index (χ1) is 11.9. The molecule has 0 aromatic carbocycles. The summed E-state index contributed by atoms with van der Waals surface area (Å²) >= 11 is 0. The third-order valence-electron chi connectivity index (χ3n) is 3.81. The van der Waals surface area contributed by atoms with Crippen molar-refractivity contribution < 1.29 is 34.8 Å². The SMILES string of the molecule is C=COC=C.O=C(O)CCCCC(=O)O.OCC1(CO)CCCCC1. The summed E-state index contributed by atoms with van der Waals surface area (Å²) in [5.41, 5.74) is -0.127. The van der Waals surface area contributed by atoms with E-state index in [0.29, 0.717) is 12.8 Å². The first-order valence-electron chi connectivity index (χ1n) is 8.40. The lowest BCUT2D eigenvalue weighted by molar-refractivity contribution is -0.139. The maximum atomic E-state index is 9.90. The fourth-order valence-electron chi connectivity index (χ4n) is 2.29. The predicted octanol–water partition coefficient (Wildman–Crippen LogP) is 2.93. The molecule has 0 saturated heterocycles. The lowest BCUT2D eigenvalue weighted by Gasteiger charge is -2.33. The van der Waals surface area contributed by atoms with E-state index in [2.05, 4.69) is 17.9 Å². The van der Waals surface area contributed by atoms with Crippen LogP contribution in [0.25, 0.3) is 0 Å². The smallest absolute Gasteiger partial charge is 0.303 e. The number of carbonyl (C=O) groups is 2. The van der Waals surface area contributed by atoms with Gasteiger partial charge in [-0.1, -0.05) is 32.4 Å². The molecule has 4 N–H and O–H groups in total. The van der Waals surface area contributed by atoms with Gasteiger partial charge in [-0.05, 0) is 25.7 Å². The molecular weight excluding hydrogens is 328 g/mol. The topological polar surface area (TPSA) is 124 Å². The van der Waals surface area contributed by atoms with Crippen molar-refractivity contribution in [3.8, 4) is 0 Å². The maximum absolute atomic E-state index is 9.90. The highest BCUT2D eigenvalue weighted by molar-refractivity contribution is 5.67. The fraction of sp³-hybridized carbons (Fsp3) is 0.667. The molecular formula is C18H32O7. The summed E-state index contributed by atoms with van der Waals surface area (Å²) in [5, 5.41) is 34.2. The Kier molecular flexibility index (Phi) is 17.2. The highest BCUT2D eigenvalue weighted by Crippen LogP contribution is 2.34. The van der Waals surface area contributed by atoms with Gasteiger partial charge in [-0.15, -0.1) is 0 Å². The molecule has 0 aliphatic heterocycles. The lowest BCUT2D eigenvalue weighted by Crippen LogP contribution is -2.31. The largest absolute Gasteiger partial charge is 0.481 e. The zero-order valence-corrected chi connectivity index (χ0v) is 14.9. The van der Waals surface area contributed by atoms with Crippen LogP contribution in [0.2, 0.25) is 0 Å². The molecule has 1 fully saturated rings. The second-order valence-corrected chi connectivity index (χ2v) is 5.84. The monoisotopic (exact) mass is 360 g/mol. The molecule has 0 aromatic heterocycles. The molecule has 7 nitrogen and oxygen atoms in total. The molecule has 1 aliphatic rings. The Balaban J connectivity index is 0. The molecule has 0 spiro atoms. The van der Waals surface area contributed by atoms with Crippen LogP contribution in [0.5, 0.6) is 0 Å². The molecule has 0 heterocycles. The first kappa shape index (κ1) is 25.4. The van der Waals surface area contributed by atoms with E-state index in [4.69, 9.17) is 20.4 Å². The van der Waals surface area contributed by atoms with Crippen LogP contribution >= 0.6 is 0 Å². The molecule has 146 valence electrons. The van der Waals surface area contributed by atoms with E-state index in [1.807, 2.05) is 0 Å². The standard InChI is InChI=1S/C8H16O2.C6H10O4.C4H6O/c9-6-8(7-10)4-2-1-3-5-8;7-5(8)3-1-2-4-6(9)10;1-3-5-4-2/h9-10H,1-7H2;1-4H2,(H,7,8)(H,9,10);3-4H,1-2H2. The Labute approximate surface area is 149 Å². The molecule has 1 rings (SSSR count). The van der Waals surface area contributed by atoms with Crippen LogP contribution in [0.15, 0.2) is 25.7 Å². The molecule has 0 radical (unpaired) electrons. The quantitative estimate of drug-likeness (QED) is 0.368. The second kappa shape index (κ2) is 17.0. The number of aliphatic carboxylic acids is 2. The number of aliphatic hydroxyl groups is 2. The van der Waals surface area contributed by atoms with Crippen LogP contribution in [0.4, 0.5) is 0 Å². The maximum Gasteiger partial charge on any atom is 0.303 e. The van der Waals surface area contributed by atoms with Crippen molar-refractivity contribution in [1.82, 2.24) is 0 Å². The average Bonchev–Trinajstić information content (AvgIpc) is 2.61. The van der Waals surface area contributed by atoms with Crippen molar-refractivity contribution in [2.45, 2.75) is 57.8 Å². The molecule has 0 aromatic rings. The number of unbranched alkanes of at least 4 members (excludes halogenated alkanes) is 1. The summed E-state index contributed by atoms with van der Waals surface area (Å²) in [5.74, 6) is -1.74. The summed E-state index contributed by atoms with van der Waals surface area (Å²) in [4.78, 5) is 19.8. The number of rotatable bonds is 9. The minimum atomic E-state index is -0.870. The summed E-state index contributed by atoms with van der Waals surface area (Å²) in [7, 11) is 0. The van der Waals surface area contributed by atoms with Crippen LogP contribution in [0.3, 0.4) is 0 Å². The molecule has 0 amide bonds. The van der Waals surface area contributed by atoms with Crippen molar-refractivity contribution in [3.05, 3.63) is 25.7 Å². The number of carboxylic acids is 2. The molecule has 7 heteroatoms. The molecule has 0 bridgehead atoms. The van der Waals surface area contributed by atoms with E-state index in [9.17, 15) is 9.59 Å². The van der Waals surface area contributed by atoms with Gasteiger partial charge in [0, 0.05) is 18.3 Å². The third kappa shape index (κ3) is 16.8. The van der Waals surface area contributed by atoms with Crippen molar-refractivity contribution in [3.63, 3.8) is 0 Å². The number of aliphatic hydroxyl groups excluding tert-OH is 2. The third-order valence-corrected chi connectivity index (χ3v) is 3.81. The van der Waals surface area contributed by atoms with E-state index >= 15 is 0 Å². The van der Waals surface area contributed by atoms with E-state index in [1.165, 1.54) is 31.8 Å². The Morgan fingerprint density at radius 2 is 1.28 bits per heavy atom. The van der Waals surface area contributed by atoms with Crippen molar-refractivity contribution in [2.24, 2.45) is 5.41 Å².